The SMILES string of the molecule is CCOc1ccc(C(=O)Nc2ccc(OC)cc2)nn1. The molecule has 2 aromatic rings. The van der Waals surface area contributed by atoms with Gasteiger partial charge < -0.3 is 14.8 Å². The number of nitrogens with one attached hydrogen (secondary N) is 1. The number of benzene rings is 1. The van der Waals surface area contributed by atoms with Gasteiger partial charge >= 0.3 is 0 Å². The highest BCUT2D eigenvalue weighted by molar-refractivity contribution is 6.02. The van der Waals surface area contributed by atoms with Crippen LogP contribution < -0.4 is 14.8 Å². The first-order chi connectivity index (χ1) is 9.72. The molecule has 6 nitrogen and oxygen atoms in total. The monoisotopic (exact) mass is 273 g/mol. The minimum atomic E-state index is -0.328. The first kappa shape index (κ1) is 13.8. The molecule has 1 aromatic carbocycles. The van der Waals surface area contributed by atoms with E-state index in [9.17, 15) is 4.79 Å². The Morgan fingerprint density at radius 2 is 1.90 bits per heavy atom. The number of ether oxygens (including phenoxy) is 2. The van der Waals surface area contributed by atoms with Crippen LogP contribution in [0.25, 0.3) is 0 Å². The maximum atomic E-state index is 12.0. The zero-order valence-electron chi connectivity index (χ0n) is 11.3. The molecule has 1 aromatic heterocycles. The molecule has 1 amide bonds. The van der Waals surface area contributed by atoms with Gasteiger partial charge in [0.05, 0.1) is 13.7 Å². The Labute approximate surface area is 116 Å². The third-order valence-electron chi connectivity index (χ3n) is 2.51. The van der Waals surface area contributed by atoms with E-state index >= 15 is 0 Å². The molecule has 1 heterocycles. The number of nitrogens with zero attached hydrogens (tertiary/aromatic N) is 2. The number of carbonyl (C=O) groups is 1. The molecular formula is C14H15N3O3. The van der Waals surface area contributed by atoms with Gasteiger partial charge in [-0.3, -0.25) is 4.79 Å². The van der Waals surface area contributed by atoms with Crippen molar-refractivity contribution < 1.29 is 14.3 Å². The molecule has 6 heteroatoms. The lowest BCUT2D eigenvalue weighted by molar-refractivity contribution is 0.102. The van der Waals surface area contributed by atoms with Gasteiger partial charge in [-0.05, 0) is 37.3 Å². The summed E-state index contributed by atoms with van der Waals surface area (Å²) >= 11 is 0. The molecule has 0 bridgehead atoms. The second-order valence-corrected chi connectivity index (χ2v) is 3.87. The van der Waals surface area contributed by atoms with Crippen LogP contribution >= 0.6 is 0 Å². The van der Waals surface area contributed by atoms with Gasteiger partial charge in [0.15, 0.2) is 5.69 Å². The van der Waals surface area contributed by atoms with E-state index in [1.807, 2.05) is 6.92 Å². The second-order valence-electron chi connectivity index (χ2n) is 3.87. The van der Waals surface area contributed by atoms with Gasteiger partial charge in [-0.2, -0.15) is 0 Å². The number of hydrogen-bond donors (Lipinski definition) is 1. The largest absolute Gasteiger partial charge is 0.497 e. The van der Waals surface area contributed by atoms with Gasteiger partial charge in [0.2, 0.25) is 5.88 Å². The minimum absolute atomic E-state index is 0.226. The van der Waals surface area contributed by atoms with E-state index in [0.717, 1.165) is 5.75 Å². The lowest BCUT2D eigenvalue weighted by Crippen LogP contribution is -2.14. The molecule has 20 heavy (non-hydrogen) atoms. The van der Waals surface area contributed by atoms with Crippen molar-refractivity contribution >= 4 is 11.6 Å². The fraction of sp³-hybridized carbons (Fsp3) is 0.214. The van der Waals surface area contributed by atoms with Crippen LogP contribution in [0.5, 0.6) is 11.6 Å². The molecule has 0 aliphatic rings. The normalized spacial score (nSPS) is 9.90. The molecule has 0 aliphatic carbocycles. The lowest BCUT2D eigenvalue weighted by atomic mass is 10.3. The molecule has 2 rings (SSSR count). The molecule has 0 radical (unpaired) electrons. The van der Waals surface area contributed by atoms with Gasteiger partial charge in [0.25, 0.3) is 5.91 Å². The fourth-order valence-electron chi connectivity index (χ4n) is 1.54. The Balaban J connectivity index is 2.03. The highest BCUT2D eigenvalue weighted by Crippen LogP contribution is 2.15. The van der Waals surface area contributed by atoms with Crippen LogP contribution in [0.3, 0.4) is 0 Å². The van der Waals surface area contributed by atoms with E-state index in [1.54, 1.807) is 43.5 Å². The van der Waals surface area contributed by atoms with Crippen LogP contribution in [0.1, 0.15) is 17.4 Å². The third kappa shape index (κ3) is 3.44. The van der Waals surface area contributed by atoms with Gasteiger partial charge in [-0.15, -0.1) is 10.2 Å². The van der Waals surface area contributed by atoms with Gasteiger partial charge in [0.1, 0.15) is 5.75 Å². The number of carbonyl (C=O) groups excluding carboxylic acids is 1. The first-order valence-electron chi connectivity index (χ1n) is 6.15. The summed E-state index contributed by atoms with van der Waals surface area (Å²) in [7, 11) is 1.59. The molecule has 0 atom stereocenters. The maximum Gasteiger partial charge on any atom is 0.276 e. The van der Waals surface area contributed by atoms with Crippen molar-refractivity contribution in [3.63, 3.8) is 0 Å². The quantitative estimate of drug-likeness (QED) is 0.903. The Kier molecular flexibility index (Phi) is 4.49. The van der Waals surface area contributed by atoms with Crippen LogP contribution in [-0.2, 0) is 0 Å². The highest BCUT2D eigenvalue weighted by Gasteiger charge is 2.09. The van der Waals surface area contributed by atoms with E-state index < -0.39 is 0 Å². The average molecular weight is 273 g/mol. The summed E-state index contributed by atoms with van der Waals surface area (Å²) in [5, 5.41) is 10.3. The molecule has 0 saturated heterocycles. The van der Waals surface area contributed by atoms with E-state index in [4.69, 9.17) is 9.47 Å². The second kappa shape index (κ2) is 6.51. The number of aromatic nitrogens is 2. The summed E-state index contributed by atoms with van der Waals surface area (Å²) in [6.07, 6.45) is 0. The van der Waals surface area contributed by atoms with Crippen molar-refractivity contribution in [1.29, 1.82) is 0 Å². The Morgan fingerprint density at radius 1 is 1.15 bits per heavy atom. The van der Waals surface area contributed by atoms with E-state index in [-0.39, 0.29) is 11.6 Å². The van der Waals surface area contributed by atoms with Crippen LogP contribution in [-0.4, -0.2) is 29.8 Å². The molecule has 0 aliphatic heterocycles. The van der Waals surface area contributed by atoms with E-state index in [1.165, 1.54) is 0 Å². The number of methoxy groups -OCH3 is 1. The summed E-state index contributed by atoms with van der Waals surface area (Å²) in [5.74, 6) is 0.795. The third-order valence-corrected chi connectivity index (χ3v) is 2.51. The van der Waals surface area contributed by atoms with Crippen molar-refractivity contribution in [1.82, 2.24) is 10.2 Å². The van der Waals surface area contributed by atoms with Crippen LogP contribution in [0.2, 0.25) is 0 Å². The van der Waals surface area contributed by atoms with E-state index in [0.29, 0.717) is 18.2 Å². The Bertz CT molecular complexity index is 567. The van der Waals surface area contributed by atoms with Gasteiger partial charge in [0, 0.05) is 11.8 Å². The highest BCUT2D eigenvalue weighted by atomic mass is 16.5. The Morgan fingerprint density at radius 3 is 2.45 bits per heavy atom. The molecule has 0 fully saturated rings. The number of rotatable bonds is 5. The van der Waals surface area contributed by atoms with Crippen molar-refractivity contribution in [3.8, 4) is 11.6 Å². The Hall–Kier alpha value is -2.63. The molecule has 0 saturated carbocycles. The maximum absolute atomic E-state index is 12.0. The van der Waals surface area contributed by atoms with Crippen molar-refractivity contribution in [3.05, 3.63) is 42.1 Å². The smallest absolute Gasteiger partial charge is 0.276 e. The van der Waals surface area contributed by atoms with Crippen LogP contribution in [0, 0.1) is 0 Å². The van der Waals surface area contributed by atoms with Crippen LogP contribution in [0.15, 0.2) is 36.4 Å². The fourth-order valence-corrected chi connectivity index (χ4v) is 1.54. The number of amides is 1. The number of anilines is 1. The number of hydrogen-bond acceptors (Lipinski definition) is 5. The molecule has 0 spiro atoms. The van der Waals surface area contributed by atoms with Gasteiger partial charge in [-0.1, -0.05) is 0 Å². The lowest BCUT2D eigenvalue weighted by Gasteiger charge is -2.06. The summed E-state index contributed by atoms with van der Waals surface area (Å²) in [5.41, 5.74) is 0.885. The zero-order chi connectivity index (χ0) is 14.4. The summed E-state index contributed by atoms with van der Waals surface area (Å²) in [6.45, 7) is 2.36. The molecule has 0 unspecified atom stereocenters. The molecule has 1 N–H and O–H groups in total. The van der Waals surface area contributed by atoms with Crippen molar-refractivity contribution in [2.45, 2.75) is 6.92 Å². The van der Waals surface area contributed by atoms with Crippen molar-refractivity contribution in [2.24, 2.45) is 0 Å². The zero-order valence-corrected chi connectivity index (χ0v) is 11.3. The molecular weight excluding hydrogens is 258 g/mol. The summed E-state index contributed by atoms with van der Waals surface area (Å²) in [6, 6.07) is 10.2. The topological polar surface area (TPSA) is 73.3 Å². The predicted octanol–water partition coefficient (Wildman–Crippen LogP) is 2.14. The van der Waals surface area contributed by atoms with Crippen molar-refractivity contribution in [2.75, 3.05) is 19.0 Å². The molecule has 104 valence electrons. The van der Waals surface area contributed by atoms with E-state index in [2.05, 4.69) is 15.5 Å². The van der Waals surface area contributed by atoms with Gasteiger partial charge in [-0.25, -0.2) is 0 Å². The average Bonchev–Trinajstić information content (AvgIpc) is 2.49. The predicted molar refractivity (Wildman–Crippen MR) is 74.1 cm³/mol. The van der Waals surface area contributed by atoms with Crippen LogP contribution in [0.4, 0.5) is 5.69 Å². The first-order valence-corrected chi connectivity index (χ1v) is 6.15. The summed E-state index contributed by atoms with van der Waals surface area (Å²) < 4.78 is 10.2. The summed E-state index contributed by atoms with van der Waals surface area (Å²) in [4.78, 5) is 12.0. The standard InChI is InChI=1S/C14H15N3O3/c1-3-20-13-9-8-12(16-17-13)14(18)15-10-4-6-11(19-2)7-5-10/h4-9H,3H2,1-2H3,(H,15,18). The minimum Gasteiger partial charge on any atom is -0.497 e.